The van der Waals surface area contributed by atoms with Gasteiger partial charge in [0.15, 0.2) is 0 Å². The smallest absolute Gasteiger partial charge is 0.251 e. The molecule has 5 heteroatoms. The molecule has 1 amide bonds. The van der Waals surface area contributed by atoms with E-state index in [1.54, 1.807) is 17.8 Å². The molecule has 5 rings (SSSR count). The predicted molar refractivity (Wildman–Crippen MR) is 132 cm³/mol. The molecule has 3 aromatic carbocycles. The number of fused-ring (bicyclic) bond motifs is 2. The second-order valence-corrected chi connectivity index (χ2v) is 10.2. The van der Waals surface area contributed by atoms with Crippen molar-refractivity contribution in [3.05, 3.63) is 89.2 Å². The first-order chi connectivity index (χ1) is 16.0. The second kappa shape index (κ2) is 9.14. The zero-order valence-electron chi connectivity index (χ0n) is 18.8. The maximum atomic E-state index is 14.0. The van der Waals surface area contributed by atoms with Crippen molar-refractivity contribution in [2.75, 3.05) is 0 Å². The molecule has 3 aromatic rings. The van der Waals surface area contributed by atoms with Crippen molar-refractivity contribution in [1.82, 2.24) is 5.32 Å². The van der Waals surface area contributed by atoms with Crippen molar-refractivity contribution in [2.24, 2.45) is 16.8 Å². The Labute approximate surface area is 198 Å². The average molecular weight is 459 g/mol. The summed E-state index contributed by atoms with van der Waals surface area (Å²) in [5.74, 6) is 0.591. The lowest BCUT2D eigenvalue weighted by molar-refractivity contribution is 0.0880. The Morgan fingerprint density at radius 1 is 0.970 bits per heavy atom. The van der Waals surface area contributed by atoms with E-state index >= 15 is 0 Å². The number of aliphatic imine (C=N–C) groups is 1. The minimum atomic E-state index is -0.298. The molecule has 0 saturated heterocycles. The molecule has 3 atom stereocenters. The van der Waals surface area contributed by atoms with Crippen LogP contribution in [0, 0.1) is 17.7 Å². The first kappa shape index (κ1) is 21.9. The zero-order valence-corrected chi connectivity index (χ0v) is 19.7. The molecular formula is C28H27FN2OS. The van der Waals surface area contributed by atoms with Crippen LogP contribution in [-0.2, 0) is 0 Å². The molecule has 1 saturated carbocycles. The molecule has 0 bridgehead atoms. The van der Waals surface area contributed by atoms with Gasteiger partial charge in [0.1, 0.15) is 5.82 Å². The van der Waals surface area contributed by atoms with Crippen LogP contribution in [0.3, 0.4) is 0 Å². The molecule has 2 aliphatic rings. The summed E-state index contributed by atoms with van der Waals surface area (Å²) in [4.78, 5) is 20.2. The molecule has 1 aliphatic heterocycles. The monoisotopic (exact) mass is 458 g/mol. The third kappa shape index (κ3) is 4.47. The Hall–Kier alpha value is -2.92. The number of halogens is 1. The van der Waals surface area contributed by atoms with Gasteiger partial charge in [-0.25, -0.2) is 9.38 Å². The van der Waals surface area contributed by atoms with Crippen LogP contribution in [0.4, 0.5) is 10.1 Å². The first-order valence-electron chi connectivity index (χ1n) is 11.6. The summed E-state index contributed by atoms with van der Waals surface area (Å²) in [6.07, 6.45) is 3.52. The van der Waals surface area contributed by atoms with Crippen LogP contribution in [0.15, 0.2) is 81.5 Å². The van der Waals surface area contributed by atoms with Gasteiger partial charge in [0, 0.05) is 32.5 Å². The molecule has 0 aromatic heterocycles. The molecule has 1 aliphatic carbocycles. The van der Waals surface area contributed by atoms with Gasteiger partial charge in [0.2, 0.25) is 0 Å². The zero-order chi connectivity index (χ0) is 22.9. The van der Waals surface area contributed by atoms with Crippen molar-refractivity contribution < 1.29 is 9.18 Å². The van der Waals surface area contributed by atoms with E-state index in [9.17, 15) is 9.18 Å². The Morgan fingerprint density at radius 3 is 2.55 bits per heavy atom. The number of nitrogens with one attached hydrogen (secondary N) is 1. The maximum absolute atomic E-state index is 14.0. The highest BCUT2D eigenvalue weighted by Gasteiger charge is 2.29. The quantitative estimate of drug-likeness (QED) is 0.359. The number of hydrogen-bond donors (Lipinski definition) is 1. The molecule has 0 spiro atoms. The van der Waals surface area contributed by atoms with Gasteiger partial charge >= 0.3 is 0 Å². The van der Waals surface area contributed by atoms with Crippen molar-refractivity contribution in [1.29, 1.82) is 0 Å². The van der Waals surface area contributed by atoms with Crippen LogP contribution in [0.5, 0.6) is 0 Å². The molecular weight excluding hydrogens is 431 g/mol. The number of carbonyl (C=O) groups excluding carboxylic acids is 1. The van der Waals surface area contributed by atoms with Gasteiger partial charge in [0.25, 0.3) is 5.91 Å². The summed E-state index contributed by atoms with van der Waals surface area (Å²) in [5.41, 5.74) is 3.72. The fraction of sp³-hybridized carbons (Fsp3) is 0.286. The number of rotatable bonds is 3. The number of carbonyl (C=O) groups is 1. The van der Waals surface area contributed by atoms with Crippen molar-refractivity contribution in [3.8, 4) is 0 Å². The third-order valence-electron chi connectivity index (χ3n) is 6.76. The number of hydrogen-bond acceptors (Lipinski definition) is 3. The number of benzene rings is 3. The molecule has 1 unspecified atom stereocenters. The predicted octanol–water partition coefficient (Wildman–Crippen LogP) is 7.01. The van der Waals surface area contributed by atoms with E-state index in [2.05, 4.69) is 25.2 Å². The van der Waals surface area contributed by atoms with E-state index in [1.807, 2.05) is 42.5 Å². The molecule has 3 nitrogen and oxygen atoms in total. The van der Waals surface area contributed by atoms with E-state index in [1.165, 1.54) is 18.6 Å². The lowest BCUT2D eigenvalue weighted by atomic mass is 9.78. The Balaban J connectivity index is 1.53. The fourth-order valence-corrected chi connectivity index (χ4v) is 5.94. The highest BCUT2D eigenvalue weighted by molar-refractivity contribution is 7.99. The van der Waals surface area contributed by atoms with Crippen LogP contribution < -0.4 is 5.32 Å². The van der Waals surface area contributed by atoms with Crippen LogP contribution in [0.1, 0.15) is 54.6 Å². The second-order valence-electron chi connectivity index (χ2n) is 9.14. The van der Waals surface area contributed by atoms with Gasteiger partial charge in [-0.2, -0.15) is 0 Å². The number of nitrogens with zero attached hydrogens (tertiary/aromatic N) is 1. The Morgan fingerprint density at radius 2 is 1.76 bits per heavy atom. The molecule has 1 N–H and O–H groups in total. The Kier molecular flexibility index (Phi) is 6.07. The van der Waals surface area contributed by atoms with Gasteiger partial charge in [-0.05, 0) is 61.1 Å². The fourth-order valence-electron chi connectivity index (χ4n) is 4.94. The van der Waals surface area contributed by atoms with Gasteiger partial charge < -0.3 is 5.32 Å². The summed E-state index contributed by atoms with van der Waals surface area (Å²) in [6, 6.07) is 20.4. The van der Waals surface area contributed by atoms with Gasteiger partial charge in [-0.1, -0.05) is 62.4 Å². The molecule has 1 fully saturated rings. The van der Waals surface area contributed by atoms with Crippen LogP contribution in [0.2, 0.25) is 0 Å². The number of amides is 1. The van der Waals surface area contributed by atoms with Crippen molar-refractivity contribution >= 4 is 29.1 Å². The topological polar surface area (TPSA) is 41.5 Å². The minimum absolute atomic E-state index is 0.0577. The van der Waals surface area contributed by atoms with E-state index in [-0.39, 0.29) is 17.8 Å². The summed E-state index contributed by atoms with van der Waals surface area (Å²) >= 11 is 1.62. The minimum Gasteiger partial charge on any atom is -0.349 e. The first-order valence-corrected chi connectivity index (χ1v) is 12.4. The third-order valence-corrected chi connectivity index (χ3v) is 7.90. The SMILES string of the molecule is C[C@@H]1CCC[C@H](C)C1NC(=O)c1ccc2c(c1)N=C(c1cccc(F)c1)c1ccccc1S2. The van der Waals surface area contributed by atoms with Crippen molar-refractivity contribution in [2.45, 2.75) is 48.9 Å². The Bertz CT molecular complexity index is 1230. The molecule has 0 radical (unpaired) electrons. The summed E-state index contributed by atoms with van der Waals surface area (Å²) in [7, 11) is 0. The molecule has 1 heterocycles. The maximum Gasteiger partial charge on any atom is 0.251 e. The van der Waals surface area contributed by atoms with Gasteiger partial charge in [-0.15, -0.1) is 0 Å². The standard InChI is InChI=1S/C28H27FN2OS/c1-17-7-5-8-18(2)26(17)31-28(32)20-13-14-25-23(16-20)30-27(19-9-6-10-21(29)15-19)22-11-3-4-12-24(22)33-25/h3-4,6,9-18,26H,5,7-8H2,1-2H3,(H,31,32)/t17-,18+,26?. The van der Waals surface area contributed by atoms with E-state index in [0.29, 0.717) is 23.1 Å². The highest BCUT2D eigenvalue weighted by Crippen LogP contribution is 2.41. The normalized spacial score (nSPS) is 21.9. The molecule has 168 valence electrons. The van der Waals surface area contributed by atoms with Crippen molar-refractivity contribution in [3.63, 3.8) is 0 Å². The lowest BCUT2D eigenvalue weighted by Gasteiger charge is -2.35. The van der Waals surface area contributed by atoms with Gasteiger partial charge in [-0.3, -0.25) is 4.79 Å². The summed E-state index contributed by atoms with van der Waals surface area (Å²) < 4.78 is 14.0. The van der Waals surface area contributed by atoms with E-state index in [0.717, 1.165) is 39.4 Å². The van der Waals surface area contributed by atoms with Gasteiger partial charge in [0.05, 0.1) is 11.4 Å². The van der Waals surface area contributed by atoms with Crippen LogP contribution >= 0.6 is 11.8 Å². The van der Waals surface area contributed by atoms with Crippen LogP contribution in [-0.4, -0.2) is 17.7 Å². The largest absolute Gasteiger partial charge is 0.349 e. The summed E-state index contributed by atoms with van der Waals surface area (Å²) in [5, 5.41) is 3.28. The highest BCUT2D eigenvalue weighted by atomic mass is 32.2. The van der Waals surface area contributed by atoms with Crippen LogP contribution in [0.25, 0.3) is 0 Å². The summed E-state index contributed by atoms with van der Waals surface area (Å²) in [6.45, 7) is 4.45. The average Bonchev–Trinajstić information content (AvgIpc) is 2.97. The lowest BCUT2D eigenvalue weighted by Crippen LogP contribution is -2.45. The molecule has 33 heavy (non-hydrogen) atoms. The van der Waals surface area contributed by atoms with E-state index in [4.69, 9.17) is 4.99 Å². The van der Waals surface area contributed by atoms with E-state index < -0.39 is 0 Å².